The average molecular weight is 193 g/mol. The van der Waals surface area contributed by atoms with Crippen LogP contribution < -0.4 is 15.2 Å². The Morgan fingerprint density at radius 2 is 2.21 bits per heavy atom. The highest BCUT2D eigenvalue weighted by atomic mass is 16.5. The van der Waals surface area contributed by atoms with E-state index in [4.69, 9.17) is 15.2 Å². The molecule has 0 amide bonds. The van der Waals surface area contributed by atoms with Crippen molar-refractivity contribution in [3.05, 3.63) is 11.8 Å². The quantitative estimate of drug-likeness (QED) is 0.659. The van der Waals surface area contributed by atoms with Gasteiger partial charge in [0.15, 0.2) is 0 Å². The van der Waals surface area contributed by atoms with Crippen LogP contribution in [-0.2, 0) is 0 Å². The predicted octanol–water partition coefficient (Wildman–Crippen LogP) is -0.196. The molecule has 0 aromatic carbocycles. The molecule has 0 saturated heterocycles. The fraction of sp³-hybridized carbons (Fsp3) is 0.333. The van der Waals surface area contributed by atoms with Gasteiger partial charge in [0.25, 0.3) is 0 Å². The van der Waals surface area contributed by atoms with E-state index in [1.807, 2.05) is 0 Å². The van der Waals surface area contributed by atoms with Crippen LogP contribution in [0.25, 0.3) is 0 Å². The Morgan fingerprint density at radius 1 is 1.43 bits per heavy atom. The third kappa shape index (κ3) is 2.34. The van der Waals surface area contributed by atoms with Gasteiger partial charge in [0.2, 0.25) is 5.88 Å². The molecule has 1 heterocycles. The van der Waals surface area contributed by atoms with Gasteiger partial charge in [0, 0.05) is 0 Å². The van der Waals surface area contributed by atoms with Crippen molar-refractivity contribution >= 4 is 0 Å². The number of rotatable bonds is 2. The largest absolute Gasteiger partial charge is 0.480 e. The molecule has 1 aromatic heterocycles. The van der Waals surface area contributed by atoms with Crippen molar-refractivity contribution in [2.24, 2.45) is 5.73 Å². The van der Waals surface area contributed by atoms with Crippen LogP contribution in [0.3, 0.4) is 0 Å². The Kier molecular flexibility index (Phi) is 3.70. The maximum atomic E-state index is 5.24. The molecule has 0 atom stereocenters. The van der Waals surface area contributed by atoms with Gasteiger partial charge in [0.1, 0.15) is 5.56 Å². The summed E-state index contributed by atoms with van der Waals surface area (Å²) in [6.07, 6.45) is 1.54. The summed E-state index contributed by atoms with van der Waals surface area (Å²) in [5.41, 5.74) is 5.84. The van der Waals surface area contributed by atoms with Crippen molar-refractivity contribution in [3.63, 3.8) is 0 Å². The Morgan fingerprint density at radius 3 is 2.79 bits per heavy atom. The molecule has 74 valence electrons. The van der Waals surface area contributed by atoms with Crippen LogP contribution >= 0.6 is 0 Å². The summed E-state index contributed by atoms with van der Waals surface area (Å²) in [7, 11) is 3.00. The molecule has 0 radical (unpaired) electrons. The van der Waals surface area contributed by atoms with Gasteiger partial charge < -0.3 is 15.2 Å². The van der Waals surface area contributed by atoms with Gasteiger partial charge in [-0.25, -0.2) is 4.98 Å². The minimum absolute atomic E-state index is 0.250. The first kappa shape index (κ1) is 10.3. The summed E-state index contributed by atoms with van der Waals surface area (Å²) in [5.74, 6) is 5.88. The number of ether oxygens (including phenoxy) is 2. The van der Waals surface area contributed by atoms with E-state index in [1.54, 1.807) is 0 Å². The molecule has 1 rings (SSSR count). The van der Waals surface area contributed by atoms with Crippen LogP contribution in [0, 0.1) is 11.8 Å². The lowest BCUT2D eigenvalue weighted by molar-refractivity contribution is 0.351. The van der Waals surface area contributed by atoms with E-state index >= 15 is 0 Å². The number of methoxy groups -OCH3 is 2. The van der Waals surface area contributed by atoms with Crippen LogP contribution in [-0.4, -0.2) is 30.7 Å². The SMILES string of the molecule is COc1ncc(C#CCN)c(OC)n1. The third-order valence-corrected chi connectivity index (χ3v) is 1.43. The lowest BCUT2D eigenvalue weighted by atomic mass is 10.3. The number of hydrogen-bond acceptors (Lipinski definition) is 5. The van der Waals surface area contributed by atoms with Crippen LogP contribution in [0.4, 0.5) is 0 Å². The highest BCUT2D eigenvalue weighted by molar-refractivity contribution is 5.40. The van der Waals surface area contributed by atoms with Crippen molar-refractivity contribution in [2.45, 2.75) is 0 Å². The summed E-state index contributed by atoms with van der Waals surface area (Å²) in [6, 6.07) is 0.250. The minimum atomic E-state index is 0.250. The fourth-order valence-corrected chi connectivity index (χ4v) is 0.837. The van der Waals surface area contributed by atoms with E-state index in [-0.39, 0.29) is 12.6 Å². The molecule has 0 aliphatic heterocycles. The maximum absolute atomic E-state index is 5.24. The van der Waals surface area contributed by atoms with Crippen LogP contribution in [0.15, 0.2) is 6.20 Å². The molecule has 0 fully saturated rings. The Labute approximate surface area is 82.3 Å². The van der Waals surface area contributed by atoms with E-state index in [0.29, 0.717) is 11.4 Å². The second-order valence-corrected chi connectivity index (χ2v) is 2.29. The van der Waals surface area contributed by atoms with Crippen molar-refractivity contribution in [3.8, 4) is 23.7 Å². The topological polar surface area (TPSA) is 70.3 Å². The standard InChI is InChI=1S/C9H11N3O2/c1-13-8-7(4-3-5-10)6-11-9(12-8)14-2/h6H,5,10H2,1-2H3. The molecule has 1 aromatic rings. The van der Waals surface area contributed by atoms with E-state index in [1.165, 1.54) is 20.4 Å². The second kappa shape index (κ2) is 5.04. The van der Waals surface area contributed by atoms with E-state index in [2.05, 4.69) is 21.8 Å². The van der Waals surface area contributed by atoms with Crippen LogP contribution in [0.5, 0.6) is 11.9 Å². The van der Waals surface area contributed by atoms with Gasteiger partial charge in [-0.05, 0) is 0 Å². The first-order valence-corrected chi connectivity index (χ1v) is 3.95. The molecule has 0 aliphatic rings. The summed E-state index contributed by atoms with van der Waals surface area (Å²) in [5, 5.41) is 0. The first-order valence-electron chi connectivity index (χ1n) is 3.95. The maximum Gasteiger partial charge on any atom is 0.319 e. The van der Waals surface area contributed by atoms with Crippen LogP contribution in [0.2, 0.25) is 0 Å². The molecule has 0 spiro atoms. The van der Waals surface area contributed by atoms with E-state index in [9.17, 15) is 0 Å². The molecular weight excluding hydrogens is 182 g/mol. The molecule has 5 heteroatoms. The zero-order chi connectivity index (χ0) is 10.4. The fourth-order valence-electron chi connectivity index (χ4n) is 0.837. The Hall–Kier alpha value is -1.80. The van der Waals surface area contributed by atoms with Crippen LogP contribution in [0.1, 0.15) is 5.56 Å². The van der Waals surface area contributed by atoms with Gasteiger partial charge in [0.05, 0.1) is 27.0 Å². The lowest BCUT2D eigenvalue weighted by Gasteiger charge is -2.02. The Balaban J connectivity index is 3.05. The molecular formula is C9H11N3O2. The van der Waals surface area contributed by atoms with E-state index in [0.717, 1.165) is 0 Å². The molecule has 5 nitrogen and oxygen atoms in total. The van der Waals surface area contributed by atoms with Crippen molar-refractivity contribution in [2.75, 3.05) is 20.8 Å². The first-order chi connectivity index (χ1) is 6.81. The highest BCUT2D eigenvalue weighted by Gasteiger charge is 2.04. The highest BCUT2D eigenvalue weighted by Crippen LogP contribution is 2.15. The van der Waals surface area contributed by atoms with Gasteiger partial charge in [-0.3, -0.25) is 0 Å². The number of nitrogens with zero attached hydrogens (tertiary/aromatic N) is 2. The normalized spacial score (nSPS) is 8.79. The summed E-state index contributed by atoms with van der Waals surface area (Å²) in [4.78, 5) is 7.87. The molecule has 0 bridgehead atoms. The monoisotopic (exact) mass is 193 g/mol. The molecule has 0 unspecified atom stereocenters. The molecule has 0 aliphatic carbocycles. The predicted molar refractivity (Wildman–Crippen MR) is 51.1 cm³/mol. The molecule has 0 saturated carbocycles. The average Bonchev–Trinajstić information content (AvgIpc) is 2.26. The molecule has 2 N–H and O–H groups in total. The van der Waals surface area contributed by atoms with Gasteiger partial charge >= 0.3 is 6.01 Å². The van der Waals surface area contributed by atoms with Gasteiger partial charge in [-0.2, -0.15) is 4.98 Å². The Bertz CT molecular complexity index is 368. The van der Waals surface area contributed by atoms with Crippen molar-refractivity contribution < 1.29 is 9.47 Å². The third-order valence-electron chi connectivity index (χ3n) is 1.43. The summed E-state index contributed by atoms with van der Waals surface area (Å²) < 4.78 is 9.85. The molecule has 14 heavy (non-hydrogen) atoms. The number of nitrogens with two attached hydrogens (primary N) is 1. The van der Waals surface area contributed by atoms with E-state index < -0.39 is 0 Å². The smallest absolute Gasteiger partial charge is 0.319 e. The summed E-state index contributed by atoms with van der Waals surface area (Å²) in [6.45, 7) is 0.287. The number of hydrogen-bond donors (Lipinski definition) is 1. The zero-order valence-corrected chi connectivity index (χ0v) is 8.07. The zero-order valence-electron chi connectivity index (χ0n) is 8.07. The second-order valence-electron chi connectivity index (χ2n) is 2.29. The minimum Gasteiger partial charge on any atom is -0.480 e. The van der Waals surface area contributed by atoms with Gasteiger partial charge in [-0.1, -0.05) is 11.8 Å². The van der Waals surface area contributed by atoms with Crippen molar-refractivity contribution in [1.82, 2.24) is 9.97 Å². The summed E-state index contributed by atoms with van der Waals surface area (Å²) >= 11 is 0. The lowest BCUT2D eigenvalue weighted by Crippen LogP contribution is -1.98. The van der Waals surface area contributed by atoms with Gasteiger partial charge in [-0.15, -0.1) is 0 Å². The van der Waals surface area contributed by atoms with Crippen molar-refractivity contribution in [1.29, 1.82) is 0 Å². The number of aromatic nitrogens is 2.